The molecule has 0 amide bonds. The van der Waals surface area contributed by atoms with Gasteiger partial charge in [0.15, 0.2) is 6.10 Å². The van der Waals surface area contributed by atoms with E-state index in [0.29, 0.717) is 19.3 Å². The van der Waals surface area contributed by atoms with Crippen LogP contribution in [0.15, 0.2) is 48.6 Å². The molecule has 0 aromatic heterocycles. The van der Waals surface area contributed by atoms with Gasteiger partial charge in [0.2, 0.25) is 0 Å². The molecular weight excluding hydrogens is 1020 g/mol. The molecule has 0 rings (SSSR count). The second-order valence-corrected chi connectivity index (χ2v) is 25.2. The Morgan fingerprint density at radius 3 is 0.675 bits per heavy atom. The summed E-state index contributed by atoms with van der Waals surface area (Å²) >= 11 is 0. The summed E-state index contributed by atoms with van der Waals surface area (Å²) in [6.45, 7) is 6.69. The zero-order chi connectivity index (χ0) is 59.9. The molecule has 0 aliphatic carbocycles. The van der Waals surface area contributed by atoms with Crippen molar-refractivity contribution in [3.63, 3.8) is 0 Å². The Balaban J connectivity index is 4.27. The minimum absolute atomic E-state index is 0.0723. The van der Waals surface area contributed by atoms with Crippen molar-refractivity contribution in [2.75, 3.05) is 13.2 Å². The largest absolute Gasteiger partial charge is 0.462 e. The number of carbonyl (C=O) groups is 3. The third-order valence-corrected chi connectivity index (χ3v) is 16.8. The van der Waals surface area contributed by atoms with Gasteiger partial charge in [0.1, 0.15) is 13.2 Å². The van der Waals surface area contributed by atoms with Crippen LogP contribution in [0.1, 0.15) is 406 Å². The first-order valence-corrected chi connectivity index (χ1v) is 37.1. The topological polar surface area (TPSA) is 78.9 Å². The molecule has 1 unspecified atom stereocenters. The Labute approximate surface area is 518 Å². The molecule has 0 aromatic rings. The summed E-state index contributed by atoms with van der Waals surface area (Å²) in [7, 11) is 0. The van der Waals surface area contributed by atoms with Crippen molar-refractivity contribution in [1.29, 1.82) is 0 Å². The number of allylic oxidation sites excluding steroid dienone is 8. The molecule has 6 nitrogen and oxygen atoms in total. The lowest BCUT2D eigenvalue weighted by atomic mass is 10.0. The Bertz CT molecular complexity index is 1430. The Hall–Kier alpha value is -2.63. The van der Waals surface area contributed by atoms with Gasteiger partial charge in [-0.05, 0) is 103 Å². The monoisotopic (exact) mass is 1160 g/mol. The van der Waals surface area contributed by atoms with Gasteiger partial charge in [-0.25, -0.2) is 0 Å². The van der Waals surface area contributed by atoms with Gasteiger partial charge in [-0.3, -0.25) is 14.4 Å². The predicted molar refractivity (Wildman–Crippen MR) is 362 cm³/mol. The van der Waals surface area contributed by atoms with Crippen molar-refractivity contribution < 1.29 is 28.6 Å². The third-order valence-electron chi connectivity index (χ3n) is 16.8. The van der Waals surface area contributed by atoms with Crippen molar-refractivity contribution >= 4 is 17.9 Å². The van der Waals surface area contributed by atoms with E-state index in [0.717, 1.165) is 70.6 Å². The quantitative estimate of drug-likeness (QED) is 0.0261. The van der Waals surface area contributed by atoms with E-state index in [1.807, 2.05) is 0 Å². The van der Waals surface area contributed by atoms with Gasteiger partial charge in [0.05, 0.1) is 0 Å². The van der Waals surface area contributed by atoms with Gasteiger partial charge in [-0.1, -0.05) is 333 Å². The van der Waals surface area contributed by atoms with E-state index in [9.17, 15) is 14.4 Å². The molecule has 1 atom stereocenters. The first-order chi connectivity index (χ1) is 41.0. The molecule has 0 saturated heterocycles. The molecule has 0 saturated carbocycles. The van der Waals surface area contributed by atoms with E-state index < -0.39 is 6.10 Å². The van der Waals surface area contributed by atoms with Crippen molar-refractivity contribution in [2.45, 2.75) is 412 Å². The Kier molecular flexibility index (Phi) is 69.6. The number of ether oxygens (including phenoxy) is 3. The van der Waals surface area contributed by atoms with Crippen LogP contribution < -0.4 is 0 Å². The molecule has 0 aromatic carbocycles. The first-order valence-electron chi connectivity index (χ1n) is 37.1. The van der Waals surface area contributed by atoms with Crippen molar-refractivity contribution in [1.82, 2.24) is 0 Å². The molecule has 0 spiro atoms. The van der Waals surface area contributed by atoms with Crippen LogP contribution in [0, 0.1) is 0 Å². The van der Waals surface area contributed by atoms with E-state index in [1.54, 1.807) is 0 Å². The van der Waals surface area contributed by atoms with Gasteiger partial charge < -0.3 is 14.2 Å². The van der Waals surface area contributed by atoms with Gasteiger partial charge >= 0.3 is 17.9 Å². The number of rotatable bonds is 69. The highest BCUT2D eigenvalue weighted by molar-refractivity contribution is 5.71. The number of hydrogen-bond donors (Lipinski definition) is 0. The summed E-state index contributed by atoms with van der Waals surface area (Å²) in [5.41, 5.74) is 0. The van der Waals surface area contributed by atoms with E-state index in [2.05, 4.69) is 69.4 Å². The SMILES string of the molecule is CCCCCCC/C=C\C/C=C\CCCCCCCCCCCCCCCC(=O)OCC(COC(=O)CCCCCCC/C=C\CCCCCCCC)OC(=O)CCCCCCCCCCCCCCC/C=C\CCCCCCCCCC. The van der Waals surface area contributed by atoms with Crippen LogP contribution in [0.5, 0.6) is 0 Å². The molecule has 0 heterocycles. The van der Waals surface area contributed by atoms with E-state index in [1.165, 1.54) is 295 Å². The molecular formula is C77H142O6. The zero-order valence-corrected chi connectivity index (χ0v) is 56.0. The molecule has 0 aliphatic rings. The highest BCUT2D eigenvalue weighted by Crippen LogP contribution is 2.18. The average Bonchev–Trinajstić information content (AvgIpc) is 3.49. The summed E-state index contributed by atoms with van der Waals surface area (Å²) in [4.78, 5) is 38.5. The van der Waals surface area contributed by atoms with Crippen LogP contribution in [0.3, 0.4) is 0 Å². The third kappa shape index (κ3) is 70.0. The predicted octanol–water partition coefficient (Wildman–Crippen LogP) is 25.7. The number of hydrogen-bond acceptors (Lipinski definition) is 6. The zero-order valence-electron chi connectivity index (χ0n) is 56.0. The highest BCUT2D eigenvalue weighted by atomic mass is 16.6. The molecule has 486 valence electrons. The molecule has 83 heavy (non-hydrogen) atoms. The highest BCUT2D eigenvalue weighted by Gasteiger charge is 2.19. The molecule has 0 bridgehead atoms. The molecule has 0 radical (unpaired) electrons. The van der Waals surface area contributed by atoms with Gasteiger partial charge in [0.25, 0.3) is 0 Å². The van der Waals surface area contributed by atoms with Gasteiger partial charge in [-0.2, -0.15) is 0 Å². The molecule has 0 fully saturated rings. The lowest BCUT2D eigenvalue weighted by Crippen LogP contribution is -2.30. The number of unbranched alkanes of at least 4 members (excludes halogenated alkanes) is 50. The maximum Gasteiger partial charge on any atom is 0.306 e. The lowest BCUT2D eigenvalue weighted by molar-refractivity contribution is -0.167. The van der Waals surface area contributed by atoms with Crippen LogP contribution >= 0.6 is 0 Å². The van der Waals surface area contributed by atoms with Crippen LogP contribution in [0.4, 0.5) is 0 Å². The van der Waals surface area contributed by atoms with Crippen molar-refractivity contribution in [3.05, 3.63) is 48.6 Å². The van der Waals surface area contributed by atoms with Crippen LogP contribution in [-0.2, 0) is 28.6 Å². The number of esters is 3. The summed E-state index contributed by atoms with van der Waals surface area (Å²) < 4.78 is 17.0. The van der Waals surface area contributed by atoms with Crippen LogP contribution in [-0.4, -0.2) is 37.2 Å². The summed E-state index contributed by atoms with van der Waals surface area (Å²) in [5, 5.41) is 0. The smallest absolute Gasteiger partial charge is 0.306 e. The summed E-state index contributed by atoms with van der Waals surface area (Å²) in [6, 6.07) is 0. The minimum atomic E-state index is -0.777. The molecule has 0 N–H and O–H groups in total. The van der Waals surface area contributed by atoms with Crippen LogP contribution in [0.25, 0.3) is 0 Å². The minimum Gasteiger partial charge on any atom is -0.462 e. The maximum atomic E-state index is 13.0. The fourth-order valence-corrected chi connectivity index (χ4v) is 11.2. The van der Waals surface area contributed by atoms with E-state index >= 15 is 0 Å². The van der Waals surface area contributed by atoms with Crippen LogP contribution in [0.2, 0.25) is 0 Å². The molecule has 6 heteroatoms. The lowest BCUT2D eigenvalue weighted by Gasteiger charge is -2.18. The Morgan fingerprint density at radius 2 is 0.434 bits per heavy atom. The first kappa shape index (κ1) is 80.4. The second kappa shape index (κ2) is 71.8. The van der Waals surface area contributed by atoms with Crippen molar-refractivity contribution in [3.8, 4) is 0 Å². The average molecular weight is 1160 g/mol. The normalized spacial score (nSPS) is 12.3. The second-order valence-electron chi connectivity index (χ2n) is 25.2. The van der Waals surface area contributed by atoms with Gasteiger partial charge in [-0.15, -0.1) is 0 Å². The number of carbonyl (C=O) groups excluding carboxylic acids is 3. The molecule has 0 aliphatic heterocycles. The summed E-state index contributed by atoms with van der Waals surface area (Å²) in [5.74, 6) is -0.854. The maximum absolute atomic E-state index is 13.0. The fraction of sp³-hybridized carbons (Fsp3) is 0.857. The van der Waals surface area contributed by atoms with E-state index in [4.69, 9.17) is 14.2 Å². The van der Waals surface area contributed by atoms with Gasteiger partial charge in [0, 0.05) is 19.3 Å². The summed E-state index contributed by atoms with van der Waals surface area (Å²) in [6.07, 6.45) is 91.5. The Morgan fingerprint density at radius 1 is 0.241 bits per heavy atom. The van der Waals surface area contributed by atoms with Crippen molar-refractivity contribution in [2.24, 2.45) is 0 Å². The standard InChI is InChI=1S/C77H142O6/c1-4-7-10-13-16-19-22-25-28-30-32-34-36-38-40-42-44-46-49-52-55-58-61-64-67-70-76(79)82-73-74(72-81-75(78)69-66-63-60-57-54-51-48-27-24-21-18-15-12-9-6-3)83-77(80)71-68-65-62-59-56-53-50-47-45-43-41-39-37-35-33-31-29-26-23-20-17-14-11-8-5-2/h22,25,27,30-33,48,74H,4-21,23-24,26,28-29,34-47,49-73H2,1-3H3/b25-22-,32-30-,33-31-,48-27-. The van der Waals surface area contributed by atoms with E-state index in [-0.39, 0.29) is 31.1 Å². The fourth-order valence-electron chi connectivity index (χ4n) is 11.2.